The van der Waals surface area contributed by atoms with E-state index in [1.54, 1.807) is 4.90 Å². The van der Waals surface area contributed by atoms with Crippen LogP contribution < -0.4 is 10.6 Å². The van der Waals surface area contributed by atoms with Crippen LogP contribution in [0.2, 0.25) is 0 Å². The molecule has 114 valence electrons. The maximum atomic E-state index is 11.8. The number of nitrogens with zero attached hydrogens (tertiary/aromatic N) is 1. The predicted octanol–water partition coefficient (Wildman–Crippen LogP) is -1.01. The van der Waals surface area contributed by atoms with E-state index in [0.717, 1.165) is 12.8 Å². The van der Waals surface area contributed by atoms with Crippen LogP contribution in [0.15, 0.2) is 0 Å². The van der Waals surface area contributed by atoms with Crippen molar-refractivity contribution in [2.24, 2.45) is 5.92 Å². The lowest BCUT2D eigenvalue weighted by atomic mass is 9.95. The molecule has 20 heavy (non-hydrogen) atoms. The molecular weight excluding hydrogens is 266 g/mol. The summed E-state index contributed by atoms with van der Waals surface area (Å²) >= 11 is 0. The number of piperidine rings is 1. The first-order valence-corrected chi connectivity index (χ1v) is 6.65. The van der Waals surface area contributed by atoms with Crippen molar-refractivity contribution in [3.05, 3.63) is 0 Å². The number of carbonyl (C=O) groups is 3. The number of likely N-dealkylation sites (tertiary alicyclic amines) is 1. The van der Waals surface area contributed by atoms with Crippen molar-refractivity contribution in [3.8, 4) is 0 Å². The Morgan fingerprint density at radius 2 is 1.95 bits per heavy atom. The monoisotopic (exact) mass is 287 g/mol. The molecule has 8 heteroatoms. The van der Waals surface area contributed by atoms with Gasteiger partial charge in [-0.05, 0) is 25.2 Å². The third-order valence-corrected chi connectivity index (χ3v) is 3.18. The summed E-state index contributed by atoms with van der Waals surface area (Å²) in [7, 11) is 0. The van der Waals surface area contributed by atoms with E-state index in [1.807, 2.05) is 0 Å². The number of amides is 3. The minimum absolute atomic E-state index is 0.109. The number of hydrogen-bond acceptors (Lipinski definition) is 4. The number of aliphatic carboxylic acids is 1. The second kappa shape index (κ2) is 8.36. The van der Waals surface area contributed by atoms with Crippen molar-refractivity contribution in [2.75, 3.05) is 32.8 Å². The normalized spacial score (nSPS) is 18.4. The van der Waals surface area contributed by atoms with Crippen LogP contribution in [0.5, 0.6) is 0 Å². The van der Waals surface area contributed by atoms with Crippen LogP contribution in [0.1, 0.15) is 19.3 Å². The Morgan fingerprint density at radius 1 is 1.20 bits per heavy atom. The van der Waals surface area contributed by atoms with Gasteiger partial charge in [-0.3, -0.25) is 9.59 Å². The molecule has 1 atom stereocenters. The average Bonchev–Trinajstić information content (AvgIpc) is 2.43. The Labute approximate surface area is 117 Å². The second-order valence-electron chi connectivity index (χ2n) is 4.80. The summed E-state index contributed by atoms with van der Waals surface area (Å²) in [6.45, 7) is 0.607. The highest BCUT2D eigenvalue weighted by molar-refractivity contribution is 5.86. The topological polar surface area (TPSA) is 119 Å². The highest BCUT2D eigenvalue weighted by atomic mass is 16.4. The lowest BCUT2D eigenvalue weighted by Crippen LogP contribution is -2.48. The largest absolute Gasteiger partial charge is 0.480 e. The number of hydrogen-bond donors (Lipinski definition) is 4. The van der Waals surface area contributed by atoms with Crippen LogP contribution in [-0.4, -0.2) is 65.8 Å². The Balaban J connectivity index is 2.27. The quantitative estimate of drug-likeness (QED) is 0.499. The summed E-state index contributed by atoms with van der Waals surface area (Å²) in [4.78, 5) is 35.0. The van der Waals surface area contributed by atoms with E-state index in [2.05, 4.69) is 10.6 Å². The van der Waals surface area contributed by atoms with Crippen LogP contribution in [0.4, 0.5) is 4.79 Å². The molecule has 0 saturated carbocycles. The van der Waals surface area contributed by atoms with Crippen LogP contribution in [0.3, 0.4) is 0 Å². The van der Waals surface area contributed by atoms with E-state index in [1.165, 1.54) is 0 Å². The van der Waals surface area contributed by atoms with Crippen molar-refractivity contribution in [3.63, 3.8) is 0 Å². The van der Waals surface area contributed by atoms with Gasteiger partial charge in [-0.25, -0.2) is 4.79 Å². The summed E-state index contributed by atoms with van der Waals surface area (Å²) in [6.07, 6.45) is 2.54. The summed E-state index contributed by atoms with van der Waals surface area (Å²) in [5.74, 6) is -1.38. The van der Waals surface area contributed by atoms with E-state index in [-0.39, 0.29) is 19.2 Å². The molecule has 3 amide bonds. The predicted molar refractivity (Wildman–Crippen MR) is 70.0 cm³/mol. The average molecular weight is 287 g/mol. The van der Waals surface area contributed by atoms with Gasteiger partial charge in [-0.2, -0.15) is 0 Å². The molecule has 0 aliphatic carbocycles. The number of rotatable bonds is 6. The van der Waals surface area contributed by atoms with Crippen LogP contribution in [0, 0.1) is 5.92 Å². The fraction of sp³-hybridized carbons (Fsp3) is 0.750. The smallest absolute Gasteiger partial charge is 0.322 e. The zero-order chi connectivity index (χ0) is 15.0. The molecule has 0 aromatic heterocycles. The molecule has 0 aromatic rings. The summed E-state index contributed by atoms with van der Waals surface area (Å²) in [6, 6.07) is -0.335. The molecule has 0 aromatic carbocycles. The van der Waals surface area contributed by atoms with Crippen LogP contribution in [0.25, 0.3) is 0 Å². The highest BCUT2D eigenvalue weighted by Crippen LogP contribution is 2.18. The first-order valence-electron chi connectivity index (χ1n) is 6.65. The van der Waals surface area contributed by atoms with Gasteiger partial charge >= 0.3 is 12.0 Å². The SMILES string of the molecule is O=C(O)CNC(=O)CNC(=O)N1CCCC(CCO)C1. The number of aliphatic hydroxyl groups excluding tert-OH is 1. The van der Waals surface area contributed by atoms with Crippen molar-refractivity contribution < 1.29 is 24.6 Å². The van der Waals surface area contributed by atoms with E-state index in [4.69, 9.17) is 10.2 Å². The minimum atomic E-state index is -1.13. The van der Waals surface area contributed by atoms with Gasteiger partial charge in [-0.1, -0.05) is 0 Å². The molecule has 1 aliphatic rings. The number of carbonyl (C=O) groups excluding carboxylic acids is 2. The maximum absolute atomic E-state index is 11.8. The van der Waals surface area contributed by atoms with Gasteiger partial charge in [0, 0.05) is 19.7 Å². The molecule has 8 nitrogen and oxygen atoms in total. The first kappa shape index (κ1) is 16.2. The number of carboxylic acids is 1. The van der Waals surface area contributed by atoms with Crippen molar-refractivity contribution in [1.82, 2.24) is 15.5 Å². The van der Waals surface area contributed by atoms with Gasteiger partial charge in [0.25, 0.3) is 0 Å². The van der Waals surface area contributed by atoms with Gasteiger partial charge in [-0.15, -0.1) is 0 Å². The van der Waals surface area contributed by atoms with E-state index in [9.17, 15) is 14.4 Å². The highest BCUT2D eigenvalue weighted by Gasteiger charge is 2.23. The Hall–Kier alpha value is -1.83. The van der Waals surface area contributed by atoms with Crippen molar-refractivity contribution in [1.29, 1.82) is 0 Å². The molecular formula is C12H21N3O5. The second-order valence-corrected chi connectivity index (χ2v) is 4.80. The maximum Gasteiger partial charge on any atom is 0.322 e. The van der Waals surface area contributed by atoms with Gasteiger partial charge in [0.05, 0.1) is 6.54 Å². The molecule has 1 fully saturated rings. The van der Waals surface area contributed by atoms with Gasteiger partial charge < -0.3 is 25.7 Å². The van der Waals surface area contributed by atoms with Gasteiger partial charge in [0.1, 0.15) is 6.54 Å². The zero-order valence-electron chi connectivity index (χ0n) is 11.3. The molecule has 1 heterocycles. The molecule has 1 aliphatic heterocycles. The first-order chi connectivity index (χ1) is 9.52. The van der Waals surface area contributed by atoms with Crippen LogP contribution in [-0.2, 0) is 9.59 Å². The number of carboxylic acid groups (broad SMARTS) is 1. The Morgan fingerprint density at radius 3 is 2.60 bits per heavy atom. The number of urea groups is 1. The summed E-state index contributed by atoms with van der Waals surface area (Å²) in [5, 5.41) is 21.9. The third-order valence-electron chi connectivity index (χ3n) is 3.18. The fourth-order valence-electron chi connectivity index (χ4n) is 2.17. The number of aliphatic hydroxyl groups is 1. The Kier molecular flexibility index (Phi) is 6.78. The number of nitrogens with one attached hydrogen (secondary N) is 2. The molecule has 0 spiro atoms. The van der Waals surface area contributed by atoms with Crippen molar-refractivity contribution >= 4 is 17.9 Å². The van der Waals surface area contributed by atoms with E-state index < -0.39 is 18.4 Å². The standard InChI is InChI=1S/C12H21N3O5/c16-5-3-9-2-1-4-15(8-9)12(20)14-6-10(17)13-7-11(18)19/h9,16H,1-8H2,(H,13,17)(H,14,20)(H,18,19). The lowest BCUT2D eigenvalue weighted by molar-refractivity contribution is -0.137. The minimum Gasteiger partial charge on any atom is -0.480 e. The van der Waals surface area contributed by atoms with Crippen molar-refractivity contribution in [2.45, 2.75) is 19.3 Å². The fourth-order valence-corrected chi connectivity index (χ4v) is 2.17. The van der Waals surface area contributed by atoms with Gasteiger partial charge in [0.15, 0.2) is 0 Å². The molecule has 4 N–H and O–H groups in total. The molecule has 0 radical (unpaired) electrons. The molecule has 1 saturated heterocycles. The van der Waals surface area contributed by atoms with E-state index >= 15 is 0 Å². The zero-order valence-corrected chi connectivity index (χ0v) is 11.3. The molecule has 1 rings (SSSR count). The lowest BCUT2D eigenvalue weighted by Gasteiger charge is -2.32. The summed E-state index contributed by atoms with van der Waals surface area (Å²) < 4.78 is 0. The molecule has 0 bridgehead atoms. The summed E-state index contributed by atoms with van der Waals surface area (Å²) in [5.41, 5.74) is 0. The van der Waals surface area contributed by atoms with Crippen LogP contribution >= 0.6 is 0 Å². The molecule has 1 unspecified atom stereocenters. The third kappa shape index (κ3) is 5.87. The Bertz CT molecular complexity index is 359. The van der Waals surface area contributed by atoms with Gasteiger partial charge in [0.2, 0.25) is 5.91 Å². The van der Waals surface area contributed by atoms with E-state index in [0.29, 0.717) is 25.4 Å².